The van der Waals surface area contributed by atoms with Crippen LogP contribution in [0, 0.1) is 23.3 Å². The maximum atomic E-state index is 15.1. The molecule has 0 aliphatic heterocycles. The number of rotatable bonds is 2. The molecule has 0 aromatic heterocycles. The predicted octanol–water partition coefficient (Wildman–Crippen LogP) is 6.24. The van der Waals surface area contributed by atoms with Gasteiger partial charge in [-0.1, -0.05) is 25.1 Å². The largest absolute Gasteiger partial charge is 0.207 e. The third-order valence-corrected chi connectivity index (χ3v) is 4.98. The van der Waals surface area contributed by atoms with E-state index in [9.17, 15) is 13.2 Å². The number of hydrogen-bond donors (Lipinski definition) is 0. The first-order chi connectivity index (χ1) is 12.5. The lowest BCUT2D eigenvalue weighted by molar-refractivity contribution is 0.572. The fourth-order valence-corrected chi connectivity index (χ4v) is 3.70. The lowest BCUT2D eigenvalue weighted by Gasteiger charge is -2.23. The Balaban J connectivity index is 1.92. The van der Waals surface area contributed by atoms with Gasteiger partial charge in [-0.15, -0.1) is 0 Å². The molecule has 0 N–H and O–H groups in total. The molecule has 0 amide bonds. The summed E-state index contributed by atoms with van der Waals surface area (Å²) < 4.78 is 56.9. The molecule has 0 bridgehead atoms. The van der Waals surface area contributed by atoms with Crippen LogP contribution in [0.2, 0.25) is 0 Å². The molecule has 0 saturated heterocycles. The summed E-state index contributed by atoms with van der Waals surface area (Å²) in [5, 5.41) is 0. The summed E-state index contributed by atoms with van der Waals surface area (Å²) in [4.78, 5) is 0. The van der Waals surface area contributed by atoms with Crippen LogP contribution in [0.15, 0.2) is 42.5 Å². The molecule has 0 saturated carbocycles. The van der Waals surface area contributed by atoms with Crippen LogP contribution in [0.4, 0.5) is 17.6 Å². The molecule has 0 unspecified atom stereocenters. The summed E-state index contributed by atoms with van der Waals surface area (Å²) in [7, 11) is 0. The summed E-state index contributed by atoms with van der Waals surface area (Å²) in [5.74, 6) is -3.29. The molecule has 0 heterocycles. The van der Waals surface area contributed by atoms with Crippen LogP contribution in [0.1, 0.15) is 23.6 Å². The Labute approximate surface area is 149 Å². The molecule has 0 atom stereocenters. The van der Waals surface area contributed by atoms with Crippen molar-refractivity contribution in [1.82, 2.24) is 0 Å². The van der Waals surface area contributed by atoms with Crippen LogP contribution in [-0.4, -0.2) is 0 Å². The molecule has 3 aromatic rings. The van der Waals surface area contributed by atoms with E-state index in [1.807, 2.05) is 12.1 Å². The van der Waals surface area contributed by atoms with Crippen molar-refractivity contribution in [2.45, 2.75) is 26.2 Å². The summed E-state index contributed by atoms with van der Waals surface area (Å²) in [6.07, 6.45) is 1.97. The minimum atomic E-state index is -0.867. The standard InChI is InChI=1S/C22H16F4/c1-2-12-3-5-17-13(7-12)4-6-18-19(17)11-20(25)21(22(18)26)14-8-15(23)10-16(24)9-14/h3,5,7-11H,2,4,6H2,1H3. The van der Waals surface area contributed by atoms with Gasteiger partial charge in [-0.2, -0.15) is 0 Å². The van der Waals surface area contributed by atoms with Crippen molar-refractivity contribution in [1.29, 1.82) is 0 Å². The van der Waals surface area contributed by atoms with Crippen LogP contribution in [0.25, 0.3) is 22.3 Å². The summed E-state index contributed by atoms with van der Waals surface area (Å²) in [5.41, 5.74) is 3.47. The van der Waals surface area contributed by atoms with Gasteiger partial charge in [0.05, 0.1) is 5.56 Å². The Morgan fingerprint density at radius 2 is 1.54 bits per heavy atom. The summed E-state index contributed by atoms with van der Waals surface area (Å²) in [6, 6.07) is 9.78. The fourth-order valence-electron chi connectivity index (χ4n) is 3.70. The van der Waals surface area contributed by atoms with Crippen molar-refractivity contribution in [2.24, 2.45) is 0 Å². The number of hydrogen-bond acceptors (Lipinski definition) is 0. The monoisotopic (exact) mass is 356 g/mol. The van der Waals surface area contributed by atoms with Gasteiger partial charge in [-0.05, 0) is 70.8 Å². The van der Waals surface area contributed by atoms with Crippen molar-refractivity contribution < 1.29 is 17.6 Å². The number of benzene rings is 3. The molecule has 3 aromatic carbocycles. The zero-order valence-corrected chi connectivity index (χ0v) is 14.2. The quantitative estimate of drug-likeness (QED) is 0.477. The van der Waals surface area contributed by atoms with Crippen molar-refractivity contribution in [3.8, 4) is 22.3 Å². The Bertz CT molecular complexity index is 1000. The van der Waals surface area contributed by atoms with Gasteiger partial charge in [0.15, 0.2) is 0 Å². The Morgan fingerprint density at radius 3 is 2.23 bits per heavy atom. The van der Waals surface area contributed by atoms with E-state index >= 15 is 4.39 Å². The second-order valence-electron chi connectivity index (χ2n) is 6.58. The zero-order valence-electron chi connectivity index (χ0n) is 14.2. The second kappa shape index (κ2) is 6.27. The first-order valence-electron chi connectivity index (χ1n) is 8.57. The number of aryl methyl sites for hydroxylation is 2. The van der Waals surface area contributed by atoms with Crippen LogP contribution >= 0.6 is 0 Å². The number of fused-ring (bicyclic) bond motifs is 3. The highest BCUT2D eigenvalue weighted by molar-refractivity contribution is 5.78. The molecular formula is C22H16F4. The Hall–Kier alpha value is -2.62. The van der Waals surface area contributed by atoms with Gasteiger partial charge in [0.2, 0.25) is 0 Å². The van der Waals surface area contributed by atoms with Gasteiger partial charge >= 0.3 is 0 Å². The minimum absolute atomic E-state index is 0.132. The normalized spacial score (nSPS) is 12.7. The molecule has 4 heteroatoms. The highest BCUT2D eigenvalue weighted by atomic mass is 19.1. The third kappa shape index (κ3) is 2.70. The molecule has 0 radical (unpaired) electrons. The molecule has 1 aliphatic rings. The molecule has 0 fully saturated rings. The first-order valence-corrected chi connectivity index (χ1v) is 8.57. The minimum Gasteiger partial charge on any atom is -0.207 e. The predicted molar refractivity (Wildman–Crippen MR) is 93.9 cm³/mol. The van der Waals surface area contributed by atoms with Crippen molar-refractivity contribution in [2.75, 3.05) is 0 Å². The molecule has 0 nitrogen and oxygen atoms in total. The van der Waals surface area contributed by atoms with Crippen LogP contribution in [0.5, 0.6) is 0 Å². The van der Waals surface area contributed by atoms with E-state index in [0.717, 1.165) is 29.7 Å². The Kier molecular flexibility index (Phi) is 4.06. The molecule has 132 valence electrons. The molecule has 1 aliphatic carbocycles. The van der Waals surface area contributed by atoms with E-state index in [1.54, 1.807) is 0 Å². The SMILES string of the molecule is CCc1ccc2c(c1)CCc1c-2cc(F)c(-c2cc(F)cc(F)c2)c1F. The van der Waals surface area contributed by atoms with E-state index in [1.165, 1.54) is 11.6 Å². The van der Waals surface area contributed by atoms with E-state index in [-0.39, 0.29) is 11.1 Å². The highest BCUT2D eigenvalue weighted by Crippen LogP contribution is 2.40. The van der Waals surface area contributed by atoms with E-state index in [4.69, 9.17) is 0 Å². The van der Waals surface area contributed by atoms with Gasteiger partial charge < -0.3 is 0 Å². The highest BCUT2D eigenvalue weighted by Gasteiger charge is 2.25. The topological polar surface area (TPSA) is 0 Å². The fraction of sp³-hybridized carbons (Fsp3) is 0.182. The number of halogens is 4. The molecule has 0 spiro atoms. The van der Waals surface area contributed by atoms with Crippen molar-refractivity contribution >= 4 is 0 Å². The molecule has 26 heavy (non-hydrogen) atoms. The lowest BCUT2D eigenvalue weighted by atomic mass is 9.82. The summed E-state index contributed by atoms with van der Waals surface area (Å²) in [6.45, 7) is 2.06. The van der Waals surface area contributed by atoms with Crippen molar-refractivity contribution in [3.63, 3.8) is 0 Å². The average molecular weight is 356 g/mol. The molecular weight excluding hydrogens is 340 g/mol. The maximum Gasteiger partial charge on any atom is 0.137 e. The second-order valence-corrected chi connectivity index (χ2v) is 6.58. The van der Waals surface area contributed by atoms with Gasteiger partial charge in [0, 0.05) is 6.07 Å². The lowest BCUT2D eigenvalue weighted by Crippen LogP contribution is -2.09. The average Bonchev–Trinajstić information content (AvgIpc) is 2.60. The first kappa shape index (κ1) is 16.8. The van der Waals surface area contributed by atoms with Gasteiger partial charge in [-0.3, -0.25) is 0 Å². The maximum absolute atomic E-state index is 15.1. The molecule has 4 rings (SSSR count). The van der Waals surface area contributed by atoms with E-state index in [0.29, 0.717) is 30.0 Å². The van der Waals surface area contributed by atoms with Gasteiger partial charge in [0.25, 0.3) is 0 Å². The van der Waals surface area contributed by atoms with E-state index < -0.39 is 23.3 Å². The van der Waals surface area contributed by atoms with Gasteiger partial charge in [0.1, 0.15) is 23.3 Å². The van der Waals surface area contributed by atoms with Crippen molar-refractivity contribution in [3.05, 3.63) is 82.4 Å². The Morgan fingerprint density at radius 1 is 0.808 bits per heavy atom. The van der Waals surface area contributed by atoms with Crippen LogP contribution in [-0.2, 0) is 19.3 Å². The van der Waals surface area contributed by atoms with Crippen LogP contribution < -0.4 is 0 Å². The zero-order chi connectivity index (χ0) is 18.4. The van der Waals surface area contributed by atoms with Crippen LogP contribution in [0.3, 0.4) is 0 Å². The van der Waals surface area contributed by atoms with Gasteiger partial charge in [-0.25, -0.2) is 17.6 Å². The summed E-state index contributed by atoms with van der Waals surface area (Å²) >= 11 is 0. The smallest absolute Gasteiger partial charge is 0.137 e. The third-order valence-electron chi connectivity index (χ3n) is 4.98. The van der Waals surface area contributed by atoms with E-state index in [2.05, 4.69) is 13.0 Å².